The first-order chi connectivity index (χ1) is 9.75. The van der Waals surface area contributed by atoms with Crippen LogP contribution in [0.15, 0.2) is 49.1 Å². The van der Waals surface area contributed by atoms with Gasteiger partial charge in [0.25, 0.3) is 0 Å². The monoisotopic (exact) mass is 271 g/mol. The zero-order valence-electron chi connectivity index (χ0n) is 11.7. The molecule has 2 rings (SSSR count). The van der Waals surface area contributed by atoms with E-state index in [0.717, 1.165) is 24.0 Å². The number of hydrogen-bond acceptors (Lipinski definition) is 4. The van der Waals surface area contributed by atoms with E-state index in [4.69, 9.17) is 0 Å². The van der Waals surface area contributed by atoms with Crippen LogP contribution in [0.4, 0.5) is 0 Å². The number of aliphatic hydroxyl groups excluding tert-OH is 1. The number of aromatic nitrogens is 2. The zero-order chi connectivity index (χ0) is 14.2. The maximum atomic E-state index is 10.1. The Labute approximate surface area is 119 Å². The summed E-state index contributed by atoms with van der Waals surface area (Å²) in [5.41, 5.74) is 2.09. The summed E-state index contributed by atoms with van der Waals surface area (Å²) < 4.78 is 0. The summed E-state index contributed by atoms with van der Waals surface area (Å²) in [7, 11) is 0. The van der Waals surface area contributed by atoms with Crippen molar-refractivity contribution in [1.29, 1.82) is 0 Å². The van der Waals surface area contributed by atoms with E-state index in [0.29, 0.717) is 12.6 Å². The molecule has 0 fully saturated rings. The summed E-state index contributed by atoms with van der Waals surface area (Å²) >= 11 is 0. The lowest BCUT2D eigenvalue weighted by Gasteiger charge is -2.17. The summed E-state index contributed by atoms with van der Waals surface area (Å²) in [4.78, 5) is 8.01. The molecule has 0 radical (unpaired) electrons. The van der Waals surface area contributed by atoms with Gasteiger partial charge in [0.2, 0.25) is 0 Å². The van der Waals surface area contributed by atoms with Gasteiger partial charge in [-0.05, 0) is 30.9 Å². The maximum Gasteiger partial charge on any atom is 0.115 e. The van der Waals surface area contributed by atoms with E-state index < -0.39 is 6.10 Å². The summed E-state index contributed by atoms with van der Waals surface area (Å²) in [5.74, 6) is 0. The van der Waals surface area contributed by atoms with Crippen molar-refractivity contribution < 1.29 is 5.11 Å². The summed E-state index contributed by atoms with van der Waals surface area (Å²) in [6.45, 7) is 2.69. The first kappa shape index (κ1) is 14.6. The van der Waals surface area contributed by atoms with Crippen molar-refractivity contribution in [1.82, 2.24) is 15.3 Å². The molecule has 0 amide bonds. The van der Waals surface area contributed by atoms with E-state index in [1.807, 2.05) is 42.7 Å². The molecule has 1 heterocycles. The van der Waals surface area contributed by atoms with E-state index >= 15 is 0 Å². The number of aryl methyl sites for hydroxylation is 1. The molecular formula is C16H21N3O. The Morgan fingerprint density at radius 1 is 1.15 bits per heavy atom. The molecule has 0 aliphatic heterocycles. The second kappa shape index (κ2) is 7.72. The van der Waals surface area contributed by atoms with Gasteiger partial charge >= 0.3 is 0 Å². The Kier molecular flexibility index (Phi) is 5.65. The molecule has 0 aliphatic carbocycles. The lowest BCUT2D eigenvalue weighted by Crippen LogP contribution is -2.30. The predicted octanol–water partition coefficient (Wildman–Crippen LogP) is 2.12. The third-order valence-electron chi connectivity index (χ3n) is 3.32. The fourth-order valence-corrected chi connectivity index (χ4v) is 2.05. The summed E-state index contributed by atoms with van der Waals surface area (Å²) in [6, 6.07) is 10.1. The van der Waals surface area contributed by atoms with Crippen LogP contribution >= 0.6 is 0 Å². The number of nitrogens with one attached hydrogen (secondary N) is 1. The lowest BCUT2D eigenvalue weighted by molar-refractivity contribution is 0.170. The summed E-state index contributed by atoms with van der Waals surface area (Å²) in [6.07, 6.45) is 6.71. The van der Waals surface area contributed by atoms with Crippen LogP contribution in [-0.2, 0) is 6.42 Å². The van der Waals surface area contributed by atoms with Crippen LogP contribution in [0.5, 0.6) is 0 Å². The van der Waals surface area contributed by atoms with E-state index in [1.54, 1.807) is 6.33 Å². The molecule has 0 bridgehead atoms. The van der Waals surface area contributed by atoms with Crippen molar-refractivity contribution in [3.63, 3.8) is 0 Å². The first-order valence-corrected chi connectivity index (χ1v) is 6.96. The topological polar surface area (TPSA) is 58.0 Å². The fourth-order valence-electron chi connectivity index (χ4n) is 2.05. The molecule has 20 heavy (non-hydrogen) atoms. The largest absolute Gasteiger partial charge is 0.387 e. The van der Waals surface area contributed by atoms with Gasteiger partial charge in [0.15, 0.2) is 0 Å². The minimum Gasteiger partial charge on any atom is -0.387 e. The first-order valence-electron chi connectivity index (χ1n) is 6.96. The van der Waals surface area contributed by atoms with Gasteiger partial charge in [0, 0.05) is 25.0 Å². The van der Waals surface area contributed by atoms with Crippen LogP contribution in [-0.4, -0.2) is 27.7 Å². The number of hydrogen-bond donors (Lipinski definition) is 2. The average Bonchev–Trinajstić information content (AvgIpc) is 2.52. The second-order valence-electron chi connectivity index (χ2n) is 5.02. The normalized spacial score (nSPS) is 13.9. The van der Waals surface area contributed by atoms with Crippen LogP contribution in [0.1, 0.15) is 30.6 Å². The molecule has 0 spiro atoms. The number of nitrogens with zero attached hydrogens (tertiary/aromatic N) is 2. The standard InChI is InChI=1S/C16H21N3O/c1-13(7-8-14-9-17-12-18-10-14)19-11-16(20)15-5-3-2-4-6-15/h2-6,9-10,12-13,16,19-20H,7-8,11H2,1H3/t13?,16-/m1/s1. The van der Waals surface area contributed by atoms with Gasteiger partial charge in [-0.15, -0.1) is 0 Å². The highest BCUT2D eigenvalue weighted by molar-refractivity contribution is 5.17. The molecule has 2 atom stereocenters. The summed E-state index contributed by atoms with van der Waals surface area (Å²) in [5, 5.41) is 13.4. The number of benzene rings is 1. The van der Waals surface area contributed by atoms with Crippen LogP contribution in [0.2, 0.25) is 0 Å². The van der Waals surface area contributed by atoms with E-state index in [2.05, 4.69) is 22.2 Å². The molecule has 4 nitrogen and oxygen atoms in total. The smallest absolute Gasteiger partial charge is 0.115 e. The van der Waals surface area contributed by atoms with E-state index in [9.17, 15) is 5.11 Å². The van der Waals surface area contributed by atoms with Gasteiger partial charge in [-0.2, -0.15) is 0 Å². The highest BCUT2D eigenvalue weighted by Gasteiger charge is 2.09. The molecule has 0 aliphatic rings. The SMILES string of the molecule is CC(CCc1cncnc1)NC[C@@H](O)c1ccccc1. The van der Waals surface area contributed by atoms with Crippen LogP contribution in [0.25, 0.3) is 0 Å². The fraction of sp³-hybridized carbons (Fsp3) is 0.375. The molecule has 2 N–H and O–H groups in total. The molecule has 1 aromatic carbocycles. The third-order valence-corrected chi connectivity index (χ3v) is 3.32. The highest BCUT2D eigenvalue weighted by Crippen LogP contribution is 2.11. The quantitative estimate of drug-likeness (QED) is 0.810. The molecule has 106 valence electrons. The molecule has 2 aromatic rings. The third kappa shape index (κ3) is 4.72. The zero-order valence-corrected chi connectivity index (χ0v) is 11.7. The number of rotatable bonds is 7. The predicted molar refractivity (Wildman–Crippen MR) is 79.2 cm³/mol. The number of aliphatic hydroxyl groups is 1. The van der Waals surface area contributed by atoms with Crippen molar-refractivity contribution >= 4 is 0 Å². The Morgan fingerprint density at radius 2 is 1.85 bits per heavy atom. The van der Waals surface area contributed by atoms with Gasteiger partial charge in [-0.1, -0.05) is 30.3 Å². The van der Waals surface area contributed by atoms with Crippen molar-refractivity contribution in [2.75, 3.05) is 6.54 Å². The van der Waals surface area contributed by atoms with E-state index in [1.165, 1.54) is 0 Å². The van der Waals surface area contributed by atoms with Crippen LogP contribution in [0, 0.1) is 0 Å². The van der Waals surface area contributed by atoms with Gasteiger partial charge in [0.05, 0.1) is 6.10 Å². The molecule has 4 heteroatoms. The Bertz CT molecular complexity index is 490. The molecule has 1 unspecified atom stereocenters. The van der Waals surface area contributed by atoms with Crippen molar-refractivity contribution in [3.05, 3.63) is 60.2 Å². The second-order valence-corrected chi connectivity index (χ2v) is 5.02. The molecular weight excluding hydrogens is 250 g/mol. The van der Waals surface area contributed by atoms with Crippen molar-refractivity contribution in [2.45, 2.75) is 31.9 Å². The maximum absolute atomic E-state index is 10.1. The lowest BCUT2D eigenvalue weighted by atomic mass is 10.1. The highest BCUT2D eigenvalue weighted by atomic mass is 16.3. The average molecular weight is 271 g/mol. The Balaban J connectivity index is 1.71. The van der Waals surface area contributed by atoms with Crippen molar-refractivity contribution in [2.24, 2.45) is 0 Å². The molecule has 1 aromatic heterocycles. The van der Waals surface area contributed by atoms with Crippen LogP contribution < -0.4 is 5.32 Å². The Morgan fingerprint density at radius 3 is 2.55 bits per heavy atom. The molecule has 0 saturated heterocycles. The Hall–Kier alpha value is -1.78. The van der Waals surface area contributed by atoms with Gasteiger partial charge in [-0.3, -0.25) is 0 Å². The molecule has 0 saturated carbocycles. The van der Waals surface area contributed by atoms with Crippen LogP contribution in [0.3, 0.4) is 0 Å². The minimum absolute atomic E-state index is 0.341. The minimum atomic E-state index is -0.460. The van der Waals surface area contributed by atoms with Gasteiger partial charge in [-0.25, -0.2) is 9.97 Å². The van der Waals surface area contributed by atoms with Crippen molar-refractivity contribution in [3.8, 4) is 0 Å². The van der Waals surface area contributed by atoms with E-state index in [-0.39, 0.29) is 0 Å². The van der Waals surface area contributed by atoms with Gasteiger partial charge in [0.1, 0.15) is 6.33 Å². The van der Waals surface area contributed by atoms with Gasteiger partial charge < -0.3 is 10.4 Å².